The average molecular weight is 391 g/mol. The molecule has 1 N–H and O–H groups in total. The van der Waals surface area contributed by atoms with Crippen molar-refractivity contribution in [2.24, 2.45) is 5.92 Å². The van der Waals surface area contributed by atoms with E-state index < -0.39 is 0 Å². The second-order valence-corrected chi connectivity index (χ2v) is 7.80. The first-order valence-electron chi connectivity index (χ1n) is 9.96. The lowest BCUT2D eigenvalue weighted by atomic mass is 10.0. The summed E-state index contributed by atoms with van der Waals surface area (Å²) in [5.41, 5.74) is 1.15. The number of carbonyl (C=O) groups is 1. The predicted octanol–water partition coefficient (Wildman–Crippen LogP) is 3.87. The topological polar surface area (TPSA) is 73.2 Å². The van der Waals surface area contributed by atoms with E-state index >= 15 is 0 Å². The number of carbonyl (C=O) groups excluding carboxylic acids is 1. The molecule has 0 aliphatic heterocycles. The van der Waals surface area contributed by atoms with Crippen LogP contribution in [0.25, 0.3) is 10.8 Å². The molecule has 1 saturated carbocycles. The Labute approximate surface area is 169 Å². The maximum absolute atomic E-state index is 13.3. The van der Waals surface area contributed by atoms with E-state index in [9.17, 15) is 9.59 Å². The van der Waals surface area contributed by atoms with Gasteiger partial charge in [0.1, 0.15) is 5.75 Å². The molecule has 0 spiro atoms. The molecular weight excluding hydrogens is 366 g/mol. The molecule has 6 heteroatoms. The minimum Gasteiger partial charge on any atom is -0.497 e. The summed E-state index contributed by atoms with van der Waals surface area (Å²) in [4.78, 5) is 26.0. The number of nitrogens with one attached hydrogen (secondary N) is 1. The van der Waals surface area contributed by atoms with E-state index in [1.807, 2.05) is 44.2 Å². The third-order valence-electron chi connectivity index (χ3n) is 5.39. The number of nitrogens with zero attached hydrogens (tertiary/aromatic N) is 2. The van der Waals surface area contributed by atoms with Crippen LogP contribution in [0.2, 0.25) is 0 Å². The molecule has 0 radical (unpaired) electrons. The van der Waals surface area contributed by atoms with E-state index in [0.717, 1.165) is 24.2 Å². The van der Waals surface area contributed by atoms with Crippen molar-refractivity contribution in [1.29, 1.82) is 0 Å². The van der Waals surface area contributed by atoms with Crippen molar-refractivity contribution in [3.05, 3.63) is 70.1 Å². The summed E-state index contributed by atoms with van der Waals surface area (Å²) in [5, 5.41) is 8.68. The fourth-order valence-corrected chi connectivity index (χ4v) is 3.65. The third-order valence-corrected chi connectivity index (χ3v) is 5.39. The number of fused-ring (bicyclic) bond motifs is 1. The van der Waals surface area contributed by atoms with Gasteiger partial charge in [-0.3, -0.25) is 9.59 Å². The number of benzene rings is 2. The van der Waals surface area contributed by atoms with Gasteiger partial charge in [0.05, 0.1) is 24.6 Å². The number of aromatic nitrogens is 2. The Kier molecular flexibility index (Phi) is 5.09. The maximum atomic E-state index is 13.3. The van der Waals surface area contributed by atoms with Crippen LogP contribution in [-0.2, 0) is 0 Å². The average Bonchev–Trinajstić information content (AvgIpc) is 3.57. The molecule has 1 aliphatic rings. The number of methoxy groups -OCH3 is 1. The monoisotopic (exact) mass is 391 g/mol. The molecule has 1 atom stereocenters. The molecule has 1 fully saturated rings. The van der Waals surface area contributed by atoms with Gasteiger partial charge in [0, 0.05) is 5.39 Å². The van der Waals surface area contributed by atoms with Crippen LogP contribution in [0.1, 0.15) is 54.8 Å². The Morgan fingerprint density at radius 1 is 1.10 bits per heavy atom. The van der Waals surface area contributed by atoms with Crippen LogP contribution in [0.3, 0.4) is 0 Å². The van der Waals surface area contributed by atoms with Crippen molar-refractivity contribution in [2.45, 2.75) is 38.8 Å². The van der Waals surface area contributed by atoms with Crippen molar-refractivity contribution in [3.63, 3.8) is 0 Å². The highest BCUT2D eigenvalue weighted by molar-refractivity contribution is 6.04. The van der Waals surface area contributed by atoms with E-state index in [0.29, 0.717) is 16.7 Å². The number of hydrogen-bond donors (Lipinski definition) is 1. The smallest absolute Gasteiger partial charge is 0.274 e. The lowest BCUT2D eigenvalue weighted by molar-refractivity contribution is 0.0925. The van der Waals surface area contributed by atoms with Gasteiger partial charge in [0.2, 0.25) is 0 Å². The highest BCUT2D eigenvalue weighted by Gasteiger charge is 2.34. The van der Waals surface area contributed by atoms with E-state index in [4.69, 9.17) is 4.74 Å². The highest BCUT2D eigenvalue weighted by Crippen LogP contribution is 2.41. The van der Waals surface area contributed by atoms with Crippen molar-refractivity contribution in [1.82, 2.24) is 15.1 Å². The fourth-order valence-electron chi connectivity index (χ4n) is 3.65. The molecule has 29 heavy (non-hydrogen) atoms. The van der Waals surface area contributed by atoms with Gasteiger partial charge < -0.3 is 10.1 Å². The molecular formula is C23H25N3O3. The summed E-state index contributed by atoms with van der Waals surface area (Å²) in [7, 11) is 1.63. The molecule has 0 saturated heterocycles. The summed E-state index contributed by atoms with van der Waals surface area (Å²) in [6, 6.07) is 14.7. The summed E-state index contributed by atoms with van der Waals surface area (Å²) in [5.74, 6) is 0.934. The van der Waals surface area contributed by atoms with Crippen LogP contribution in [0.15, 0.2) is 53.3 Å². The van der Waals surface area contributed by atoms with Gasteiger partial charge in [-0.15, -0.1) is 0 Å². The van der Waals surface area contributed by atoms with Gasteiger partial charge in [-0.2, -0.15) is 5.10 Å². The zero-order valence-electron chi connectivity index (χ0n) is 16.9. The first kappa shape index (κ1) is 19.2. The molecule has 1 amide bonds. The Balaban J connectivity index is 1.72. The fraction of sp³-hybridized carbons (Fsp3) is 0.348. The van der Waals surface area contributed by atoms with E-state index in [-0.39, 0.29) is 29.2 Å². The van der Waals surface area contributed by atoms with Crippen LogP contribution >= 0.6 is 0 Å². The number of amides is 1. The largest absolute Gasteiger partial charge is 0.497 e. The number of hydrogen-bond acceptors (Lipinski definition) is 4. The van der Waals surface area contributed by atoms with Crippen molar-refractivity contribution >= 4 is 16.7 Å². The molecule has 0 bridgehead atoms. The number of ether oxygens (including phenoxy) is 1. The van der Waals surface area contributed by atoms with Crippen LogP contribution in [0, 0.1) is 5.92 Å². The molecule has 6 nitrogen and oxygen atoms in total. The highest BCUT2D eigenvalue weighted by atomic mass is 16.5. The molecule has 150 valence electrons. The molecule has 1 aromatic heterocycles. The van der Waals surface area contributed by atoms with Crippen molar-refractivity contribution < 1.29 is 9.53 Å². The van der Waals surface area contributed by atoms with Crippen LogP contribution < -0.4 is 15.6 Å². The van der Waals surface area contributed by atoms with Gasteiger partial charge in [-0.1, -0.05) is 30.3 Å². The first-order chi connectivity index (χ1) is 14.0. The Bertz CT molecular complexity index is 1100. The van der Waals surface area contributed by atoms with Crippen LogP contribution in [-0.4, -0.2) is 22.8 Å². The first-order valence-corrected chi connectivity index (χ1v) is 9.96. The minimum atomic E-state index is -0.261. The van der Waals surface area contributed by atoms with Crippen molar-refractivity contribution in [2.75, 3.05) is 7.11 Å². The van der Waals surface area contributed by atoms with Gasteiger partial charge in [0.15, 0.2) is 5.69 Å². The summed E-state index contributed by atoms with van der Waals surface area (Å²) in [6.07, 6.45) is 2.16. The van der Waals surface area contributed by atoms with Crippen LogP contribution in [0.5, 0.6) is 5.75 Å². The Hall–Kier alpha value is -3.15. The second-order valence-electron chi connectivity index (χ2n) is 7.80. The van der Waals surface area contributed by atoms with E-state index in [2.05, 4.69) is 10.4 Å². The van der Waals surface area contributed by atoms with Crippen molar-refractivity contribution in [3.8, 4) is 5.75 Å². The maximum Gasteiger partial charge on any atom is 0.274 e. The SMILES string of the molecule is COc1ccc(C(NC(=O)c2nn(C(C)C)c(=O)c3ccccc23)C2CC2)cc1. The van der Waals surface area contributed by atoms with Gasteiger partial charge in [0.25, 0.3) is 11.5 Å². The lowest BCUT2D eigenvalue weighted by Crippen LogP contribution is -2.34. The van der Waals surface area contributed by atoms with Gasteiger partial charge in [-0.25, -0.2) is 4.68 Å². The zero-order valence-corrected chi connectivity index (χ0v) is 16.9. The second kappa shape index (κ2) is 7.70. The molecule has 1 heterocycles. The number of rotatable bonds is 6. The summed E-state index contributed by atoms with van der Waals surface area (Å²) >= 11 is 0. The molecule has 1 unspecified atom stereocenters. The standard InChI is InChI=1S/C23H25N3O3/c1-14(2)26-23(28)19-7-5-4-6-18(19)21(25-26)22(27)24-20(15-8-9-15)16-10-12-17(29-3)13-11-16/h4-7,10-15,20H,8-9H2,1-3H3,(H,24,27). The molecule has 4 rings (SSSR count). The lowest BCUT2D eigenvalue weighted by Gasteiger charge is -2.20. The summed E-state index contributed by atoms with van der Waals surface area (Å²) in [6.45, 7) is 3.77. The normalized spacial score (nSPS) is 14.8. The molecule has 2 aromatic carbocycles. The zero-order chi connectivity index (χ0) is 20.5. The quantitative estimate of drug-likeness (QED) is 0.692. The summed E-state index contributed by atoms with van der Waals surface area (Å²) < 4.78 is 6.63. The molecule has 1 aliphatic carbocycles. The Morgan fingerprint density at radius 3 is 2.34 bits per heavy atom. The molecule has 3 aromatic rings. The van der Waals surface area contributed by atoms with E-state index in [1.165, 1.54) is 4.68 Å². The predicted molar refractivity (Wildman–Crippen MR) is 112 cm³/mol. The Morgan fingerprint density at radius 2 is 1.76 bits per heavy atom. The van der Waals surface area contributed by atoms with Crippen LogP contribution in [0.4, 0.5) is 0 Å². The third kappa shape index (κ3) is 3.75. The van der Waals surface area contributed by atoms with Gasteiger partial charge in [-0.05, 0) is 56.4 Å². The van der Waals surface area contributed by atoms with E-state index in [1.54, 1.807) is 25.3 Å². The minimum absolute atomic E-state index is 0.0894. The van der Waals surface area contributed by atoms with Gasteiger partial charge >= 0.3 is 0 Å².